The Labute approximate surface area is 91.3 Å². The number of Topliss-reactive ketones (excluding diaryl/α,β-unsaturated/α-hetero) is 1. The highest BCUT2D eigenvalue weighted by Crippen LogP contribution is 2.17. The van der Waals surface area contributed by atoms with Crippen LogP contribution in [-0.2, 0) is 11.2 Å². The highest BCUT2D eigenvalue weighted by molar-refractivity contribution is 9.09. The Kier molecular flexibility index (Phi) is 4.67. The maximum atomic E-state index is 11.0. The van der Waals surface area contributed by atoms with E-state index >= 15 is 0 Å². The summed E-state index contributed by atoms with van der Waals surface area (Å²) in [4.78, 5) is 13.7. The fourth-order valence-electron chi connectivity index (χ4n) is 1.15. The van der Waals surface area contributed by atoms with E-state index < -0.39 is 0 Å². The quantitative estimate of drug-likeness (QED) is 0.743. The maximum Gasteiger partial charge on any atom is 0.143 e. The number of thiophene rings is 1. The maximum absolute atomic E-state index is 11.0. The zero-order valence-electron chi connectivity index (χ0n) is 7.68. The summed E-state index contributed by atoms with van der Waals surface area (Å²) in [5, 5.41) is 0.496. The first-order chi connectivity index (χ1) is 6.22. The van der Waals surface area contributed by atoms with E-state index in [1.165, 1.54) is 9.75 Å². The Hall–Kier alpha value is -0.150. The van der Waals surface area contributed by atoms with Gasteiger partial charge in [0.25, 0.3) is 0 Å². The fraction of sp³-hybridized carbons (Fsp3) is 0.500. The second kappa shape index (κ2) is 5.55. The average Bonchev–Trinajstić information content (AvgIpc) is 2.51. The van der Waals surface area contributed by atoms with Gasteiger partial charge in [0.15, 0.2) is 0 Å². The number of alkyl halides is 1. The minimum atomic E-state index is 0.299. The lowest BCUT2D eigenvalue weighted by Gasteiger charge is -1.95. The van der Waals surface area contributed by atoms with E-state index in [0.717, 1.165) is 12.8 Å². The molecule has 0 atom stereocenters. The van der Waals surface area contributed by atoms with Gasteiger partial charge in [0.05, 0.1) is 5.33 Å². The van der Waals surface area contributed by atoms with Crippen molar-refractivity contribution < 1.29 is 4.79 Å². The van der Waals surface area contributed by atoms with Crippen molar-refractivity contribution in [3.05, 3.63) is 21.9 Å². The molecule has 1 rings (SSSR count). The van der Waals surface area contributed by atoms with Gasteiger partial charge in [-0.25, -0.2) is 0 Å². The Morgan fingerprint density at radius 3 is 2.85 bits per heavy atom. The van der Waals surface area contributed by atoms with Crippen LogP contribution in [0.3, 0.4) is 0 Å². The molecular formula is C10H13BrOS. The van der Waals surface area contributed by atoms with Gasteiger partial charge < -0.3 is 0 Å². The van der Waals surface area contributed by atoms with Crippen LogP contribution in [0.15, 0.2) is 12.1 Å². The highest BCUT2D eigenvalue weighted by Gasteiger charge is 2.00. The Balaban J connectivity index is 2.24. The molecule has 72 valence electrons. The molecule has 0 bridgehead atoms. The second-order valence-corrected chi connectivity index (χ2v) is 4.97. The van der Waals surface area contributed by atoms with E-state index in [2.05, 4.69) is 35.0 Å². The molecule has 1 aromatic heterocycles. The number of aryl methyl sites for hydroxylation is 2. The van der Waals surface area contributed by atoms with Crippen LogP contribution in [0, 0.1) is 6.92 Å². The highest BCUT2D eigenvalue weighted by atomic mass is 79.9. The Morgan fingerprint density at radius 1 is 1.54 bits per heavy atom. The summed E-state index contributed by atoms with van der Waals surface area (Å²) in [5.74, 6) is 0.299. The van der Waals surface area contributed by atoms with Gasteiger partial charge in [-0.1, -0.05) is 15.9 Å². The van der Waals surface area contributed by atoms with Crippen molar-refractivity contribution in [1.82, 2.24) is 0 Å². The normalized spacial score (nSPS) is 10.3. The molecule has 0 spiro atoms. The van der Waals surface area contributed by atoms with Crippen molar-refractivity contribution in [2.24, 2.45) is 0 Å². The summed E-state index contributed by atoms with van der Waals surface area (Å²) in [6.07, 6.45) is 2.71. The third-order valence-corrected chi connectivity index (χ3v) is 3.51. The Bertz CT molecular complexity index is 280. The molecule has 0 fully saturated rings. The molecule has 3 heteroatoms. The van der Waals surface area contributed by atoms with Gasteiger partial charge in [0, 0.05) is 16.2 Å². The molecular weight excluding hydrogens is 248 g/mol. The van der Waals surface area contributed by atoms with Gasteiger partial charge in [-0.2, -0.15) is 0 Å². The monoisotopic (exact) mass is 260 g/mol. The van der Waals surface area contributed by atoms with Gasteiger partial charge in [0.1, 0.15) is 5.78 Å². The number of carbonyl (C=O) groups excluding carboxylic acids is 1. The van der Waals surface area contributed by atoms with Crippen molar-refractivity contribution >= 4 is 33.0 Å². The van der Waals surface area contributed by atoms with Gasteiger partial charge in [-0.15, -0.1) is 11.3 Å². The number of rotatable bonds is 5. The van der Waals surface area contributed by atoms with Crippen LogP contribution in [0.25, 0.3) is 0 Å². The van der Waals surface area contributed by atoms with Crippen LogP contribution in [0.4, 0.5) is 0 Å². The topological polar surface area (TPSA) is 17.1 Å². The minimum Gasteiger partial charge on any atom is -0.299 e. The predicted octanol–water partition coefficient (Wildman–Crippen LogP) is 3.34. The summed E-state index contributed by atoms with van der Waals surface area (Å²) in [7, 11) is 0. The summed E-state index contributed by atoms with van der Waals surface area (Å²) < 4.78 is 0. The zero-order valence-corrected chi connectivity index (χ0v) is 10.1. The predicted molar refractivity (Wildman–Crippen MR) is 60.8 cm³/mol. The zero-order chi connectivity index (χ0) is 9.68. The largest absolute Gasteiger partial charge is 0.299 e. The minimum absolute atomic E-state index is 0.299. The molecule has 0 amide bonds. The molecule has 0 saturated carbocycles. The average molecular weight is 261 g/mol. The number of carbonyl (C=O) groups is 1. The van der Waals surface area contributed by atoms with Crippen LogP contribution in [0.5, 0.6) is 0 Å². The first-order valence-corrected chi connectivity index (χ1v) is 6.29. The van der Waals surface area contributed by atoms with Crippen LogP contribution >= 0.6 is 27.3 Å². The molecule has 0 unspecified atom stereocenters. The van der Waals surface area contributed by atoms with Gasteiger partial charge in [-0.3, -0.25) is 4.79 Å². The third kappa shape index (κ3) is 4.05. The standard InChI is InChI=1S/C10H13BrOS/c1-8-5-6-10(13-8)4-2-3-9(12)7-11/h5-6H,2-4,7H2,1H3. The van der Waals surface area contributed by atoms with Gasteiger partial charge >= 0.3 is 0 Å². The Morgan fingerprint density at radius 2 is 2.31 bits per heavy atom. The number of ketones is 1. The van der Waals surface area contributed by atoms with E-state index in [1.807, 2.05) is 11.3 Å². The van der Waals surface area contributed by atoms with E-state index in [0.29, 0.717) is 17.5 Å². The SMILES string of the molecule is Cc1ccc(CCCC(=O)CBr)s1. The molecule has 0 saturated heterocycles. The van der Waals surface area contributed by atoms with Crippen LogP contribution in [0.2, 0.25) is 0 Å². The lowest BCUT2D eigenvalue weighted by Crippen LogP contribution is -1.98. The first-order valence-electron chi connectivity index (χ1n) is 4.35. The fourth-order valence-corrected chi connectivity index (χ4v) is 2.36. The van der Waals surface area contributed by atoms with Crippen LogP contribution in [0.1, 0.15) is 22.6 Å². The first kappa shape index (κ1) is 10.9. The van der Waals surface area contributed by atoms with Crippen LogP contribution < -0.4 is 0 Å². The number of halogens is 1. The molecule has 0 aliphatic heterocycles. The molecule has 0 aliphatic carbocycles. The molecule has 0 aromatic carbocycles. The van der Waals surface area contributed by atoms with E-state index in [4.69, 9.17) is 0 Å². The van der Waals surface area contributed by atoms with Crippen molar-refractivity contribution in [3.8, 4) is 0 Å². The van der Waals surface area contributed by atoms with Crippen molar-refractivity contribution in [2.45, 2.75) is 26.2 Å². The molecule has 0 N–H and O–H groups in total. The number of hydrogen-bond acceptors (Lipinski definition) is 2. The number of hydrogen-bond donors (Lipinski definition) is 0. The lowest BCUT2D eigenvalue weighted by molar-refractivity contribution is -0.116. The van der Waals surface area contributed by atoms with E-state index in [9.17, 15) is 4.79 Å². The van der Waals surface area contributed by atoms with E-state index in [-0.39, 0.29) is 0 Å². The molecule has 1 nitrogen and oxygen atoms in total. The summed E-state index contributed by atoms with van der Waals surface area (Å²) in [5.41, 5.74) is 0. The molecule has 1 heterocycles. The lowest BCUT2D eigenvalue weighted by atomic mass is 10.2. The van der Waals surface area contributed by atoms with Crippen molar-refractivity contribution in [1.29, 1.82) is 0 Å². The third-order valence-electron chi connectivity index (χ3n) is 1.82. The van der Waals surface area contributed by atoms with Gasteiger partial charge in [0.2, 0.25) is 0 Å². The van der Waals surface area contributed by atoms with Crippen molar-refractivity contribution in [3.63, 3.8) is 0 Å². The summed E-state index contributed by atoms with van der Waals surface area (Å²) in [6, 6.07) is 4.28. The molecule has 0 aliphatic rings. The van der Waals surface area contributed by atoms with Gasteiger partial charge in [-0.05, 0) is 31.9 Å². The molecule has 13 heavy (non-hydrogen) atoms. The van der Waals surface area contributed by atoms with Crippen molar-refractivity contribution in [2.75, 3.05) is 5.33 Å². The summed E-state index contributed by atoms with van der Waals surface area (Å²) in [6.45, 7) is 2.11. The van der Waals surface area contributed by atoms with E-state index in [1.54, 1.807) is 0 Å². The smallest absolute Gasteiger partial charge is 0.143 e. The molecule has 0 radical (unpaired) electrons. The van der Waals surface area contributed by atoms with Crippen LogP contribution in [-0.4, -0.2) is 11.1 Å². The molecule has 1 aromatic rings. The second-order valence-electron chi connectivity index (χ2n) is 3.04. The summed E-state index contributed by atoms with van der Waals surface area (Å²) >= 11 is 4.98.